The minimum atomic E-state index is -0.275. The van der Waals surface area contributed by atoms with Crippen LogP contribution in [0.25, 0.3) is 0 Å². The normalized spacial score (nSPS) is 10.5. The molecule has 0 aliphatic rings. The predicted molar refractivity (Wildman–Crippen MR) is 61.3 cm³/mol. The fraction of sp³-hybridized carbons (Fsp3) is 0.455. The smallest absolute Gasteiger partial charge is 0.323 e. The molecule has 0 spiro atoms. The monoisotopic (exact) mass is 226 g/mol. The number of hydrogen-bond donors (Lipinski definition) is 0. The standard InChI is InChI=1S/C11H16BFO3/c1-12(15-3)11-5-4-10(13)6-9(11)7-16-8-14-2/h4-6H,7-8H2,1-3H3. The Morgan fingerprint density at radius 1 is 1.31 bits per heavy atom. The lowest BCUT2D eigenvalue weighted by Crippen LogP contribution is -2.32. The molecule has 3 nitrogen and oxygen atoms in total. The summed E-state index contributed by atoms with van der Waals surface area (Å²) < 4.78 is 28.3. The van der Waals surface area contributed by atoms with E-state index in [-0.39, 0.29) is 19.5 Å². The highest BCUT2D eigenvalue weighted by Crippen LogP contribution is 2.05. The van der Waals surface area contributed by atoms with E-state index in [9.17, 15) is 4.39 Å². The molecule has 0 heterocycles. The maximum absolute atomic E-state index is 13.1. The van der Waals surface area contributed by atoms with Gasteiger partial charge in [0.15, 0.2) is 0 Å². The van der Waals surface area contributed by atoms with Gasteiger partial charge in [-0.25, -0.2) is 4.39 Å². The van der Waals surface area contributed by atoms with Gasteiger partial charge in [0.2, 0.25) is 0 Å². The van der Waals surface area contributed by atoms with Gasteiger partial charge in [-0.2, -0.15) is 0 Å². The Morgan fingerprint density at radius 2 is 2.06 bits per heavy atom. The van der Waals surface area contributed by atoms with Crippen LogP contribution in [0.1, 0.15) is 5.56 Å². The molecule has 16 heavy (non-hydrogen) atoms. The van der Waals surface area contributed by atoms with Gasteiger partial charge in [0.1, 0.15) is 12.6 Å². The number of rotatable bonds is 6. The highest BCUT2D eigenvalue weighted by molar-refractivity contribution is 6.66. The zero-order chi connectivity index (χ0) is 12.0. The summed E-state index contributed by atoms with van der Waals surface area (Å²) in [6.07, 6.45) is 0. The van der Waals surface area contributed by atoms with Crippen molar-refractivity contribution in [2.24, 2.45) is 0 Å². The molecule has 0 saturated heterocycles. The lowest BCUT2D eigenvalue weighted by atomic mass is 9.62. The second-order valence-corrected chi connectivity index (χ2v) is 3.48. The van der Waals surface area contributed by atoms with E-state index in [1.54, 1.807) is 20.3 Å². The van der Waals surface area contributed by atoms with E-state index in [4.69, 9.17) is 14.1 Å². The highest BCUT2D eigenvalue weighted by Gasteiger charge is 2.15. The molecule has 0 aromatic heterocycles. The fourth-order valence-corrected chi connectivity index (χ4v) is 1.46. The molecule has 0 fully saturated rings. The first-order chi connectivity index (χ1) is 7.69. The predicted octanol–water partition coefficient (Wildman–Crippen LogP) is 1.42. The van der Waals surface area contributed by atoms with E-state index in [1.165, 1.54) is 12.1 Å². The molecule has 5 heteroatoms. The highest BCUT2D eigenvalue weighted by atomic mass is 19.1. The molecule has 0 N–H and O–H groups in total. The topological polar surface area (TPSA) is 27.7 Å². The Morgan fingerprint density at radius 3 is 2.69 bits per heavy atom. The SMILES string of the molecule is COCOCc1cc(F)ccc1B(C)OC. The van der Waals surface area contributed by atoms with Crippen LogP contribution in [0.3, 0.4) is 0 Å². The van der Waals surface area contributed by atoms with E-state index >= 15 is 0 Å². The largest absolute Gasteiger partial charge is 0.434 e. The first-order valence-corrected chi connectivity index (χ1v) is 5.06. The van der Waals surface area contributed by atoms with Crippen LogP contribution in [-0.4, -0.2) is 27.9 Å². The molecule has 1 aromatic carbocycles. The van der Waals surface area contributed by atoms with Crippen LogP contribution >= 0.6 is 0 Å². The second-order valence-electron chi connectivity index (χ2n) is 3.48. The quantitative estimate of drug-likeness (QED) is 0.417. The summed E-state index contributed by atoms with van der Waals surface area (Å²) in [5.74, 6) is -0.275. The molecular weight excluding hydrogens is 210 g/mol. The molecule has 88 valence electrons. The van der Waals surface area contributed by atoms with Gasteiger partial charge in [0, 0.05) is 14.2 Å². The summed E-state index contributed by atoms with van der Waals surface area (Å²) in [6.45, 7) is 2.33. The first kappa shape index (κ1) is 13.2. The van der Waals surface area contributed by atoms with Crippen molar-refractivity contribution in [1.29, 1.82) is 0 Å². The van der Waals surface area contributed by atoms with Crippen LogP contribution in [0.15, 0.2) is 18.2 Å². The third-order valence-electron chi connectivity index (χ3n) is 2.36. The number of hydrogen-bond acceptors (Lipinski definition) is 3. The number of ether oxygens (including phenoxy) is 2. The Hall–Kier alpha value is -0.905. The molecule has 0 atom stereocenters. The van der Waals surface area contributed by atoms with E-state index in [0.717, 1.165) is 11.0 Å². The Balaban J connectivity index is 2.81. The molecule has 1 rings (SSSR count). The van der Waals surface area contributed by atoms with Crippen molar-refractivity contribution >= 4 is 12.4 Å². The van der Waals surface area contributed by atoms with E-state index in [2.05, 4.69) is 0 Å². The maximum Gasteiger partial charge on any atom is 0.323 e. The average Bonchev–Trinajstić information content (AvgIpc) is 2.29. The minimum absolute atomic E-state index is 0.0817. The summed E-state index contributed by atoms with van der Waals surface area (Å²) in [5, 5.41) is 0. The molecule has 0 aliphatic carbocycles. The molecule has 0 bridgehead atoms. The van der Waals surface area contributed by atoms with Gasteiger partial charge in [0.05, 0.1) is 6.61 Å². The summed E-state index contributed by atoms with van der Waals surface area (Å²) in [5.41, 5.74) is 1.71. The van der Waals surface area contributed by atoms with Crippen molar-refractivity contribution in [3.05, 3.63) is 29.6 Å². The van der Waals surface area contributed by atoms with E-state index in [0.29, 0.717) is 6.61 Å². The van der Waals surface area contributed by atoms with Crippen molar-refractivity contribution in [2.75, 3.05) is 21.0 Å². The maximum atomic E-state index is 13.1. The number of methoxy groups -OCH3 is 1. The fourth-order valence-electron chi connectivity index (χ4n) is 1.46. The third kappa shape index (κ3) is 3.59. The van der Waals surface area contributed by atoms with Gasteiger partial charge in [-0.3, -0.25) is 0 Å². The van der Waals surface area contributed by atoms with Gasteiger partial charge < -0.3 is 14.1 Å². The molecule has 0 unspecified atom stereocenters. The van der Waals surface area contributed by atoms with Crippen LogP contribution in [0.2, 0.25) is 6.82 Å². The van der Waals surface area contributed by atoms with Gasteiger partial charge in [-0.1, -0.05) is 12.9 Å². The minimum Gasteiger partial charge on any atom is -0.434 e. The van der Waals surface area contributed by atoms with Gasteiger partial charge in [-0.05, 0) is 23.2 Å². The lowest BCUT2D eigenvalue weighted by molar-refractivity contribution is -0.0389. The van der Waals surface area contributed by atoms with Crippen LogP contribution in [0.5, 0.6) is 0 Å². The molecule has 1 aromatic rings. The second kappa shape index (κ2) is 6.63. The number of halogens is 1. The molecule has 0 saturated carbocycles. The van der Waals surface area contributed by atoms with Crippen LogP contribution in [0, 0.1) is 5.82 Å². The Labute approximate surface area is 95.6 Å². The third-order valence-corrected chi connectivity index (χ3v) is 2.36. The Bertz CT molecular complexity index is 333. The summed E-state index contributed by atoms with van der Waals surface area (Å²) in [6, 6.07) is 4.60. The van der Waals surface area contributed by atoms with Crippen molar-refractivity contribution in [2.45, 2.75) is 13.4 Å². The van der Waals surface area contributed by atoms with Crippen molar-refractivity contribution < 1.29 is 18.5 Å². The van der Waals surface area contributed by atoms with Gasteiger partial charge in [0.25, 0.3) is 0 Å². The Kier molecular flexibility index (Phi) is 5.45. The zero-order valence-electron chi connectivity index (χ0n) is 9.83. The summed E-state index contributed by atoms with van der Waals surface area (Å²) in [4.78, 5) is 0. The van der Waals surface area contributed by atoms with Crippen molar-refractivity contribution in [3.8, 4) is 0 Å². The number of benzene rings is 1. The zero-order valence-corrected chi connectivity index (χ0v) is 9.83. The van der Waals surface area contributed by atoms with Crippen molar-refractivity contribution in [3.63, 3.8) is 0 Å². The van der Waals surface area contributed by atoms with Crippen molar-refractivity contribution in [1.82, 2.24) is 0 Å². The van der Waals surface area contributed by atoms with Crippen LogP contribution in [0.4, 0.5) is 4.39 Å². The molecular formula is C11H16BFO3. The van der Waals surface area contributed by atoms with Crippen LogP contribution < -0.4 is 5.46 Å². The molecule has 0 amide bonds. The molecule has 0 aliphatic heterocycles. The summed E-state index contributed by atoms with van der Waals surface area (Å²) in [7, 11) is 3.16. The van der Waals surface area contributed by atoms with Gasteiger partial charge >= 0.3 is 6.92 Å². The average molecular weight is 226 g/mol. The summed E-state index contributed by atoms with van der Waals surface area (Å²) >= 11 is 0. The molecule has 0 radical (unpaired) electrons. The lowest BCUT2D eigenvalue weighted by Gasteiger charge is -2.12. The first-order valence-electron chi connectivity index (χ1n) is 5.06. The van der Waals surface area contributed by atoms with Crippen LogP contribution in [-0.2, 0) is 20.7 Å². The van der Waals surface area contributed by atoms with Gasteiger partial charge in [-0.15, -0.1) is 0 Å². The van der Waals surface area contributed by atoms with E-state index in [1.807, 2.05) is 6.82 Å². The van der Waals surface area contributed by atoms with E-state index < -0.39 is 0 Å².